The van der Waals surface area contributed by atoms with Crippen molar-refractivity contribution in [1.82, 2.24) is 14.9 Å². The Morgan fingerprint density at radius 3 is 2.59 bits per heavy atom. The Morgan fingerprint density at radius 1 is 1.12 bits per heavy atom. The number of carbonyl (C=O) groups is 1. The average Bonchev–Trinajstić information content (AvgIpc) is 3.21. The number of nitrogens with zero attached hydrogens (tertiary/aromatic N) is 4. The van der Waals surface area contributed by atoms with Crippen molar-refractivity contribution < 1.29 is 9.21 Å². The summed E-state index contributed by atoms with van der Waals surface area (Å²) in [6, 6.07) is 18.7. The lowest BCUT2D eigenvalue weighted by Crippen LogP contribution is -2.31. The highest BCUT2D eigenvalue weighted by atomic mass is 32.2. The van der Waals surface area contributed by atoms with Gasteiger partial charge in [0.2, 0.25) is 0 Å². The first-order chi connectivity index (χ1) is 15.7. The van der Waals surface area contributed by atoms with Gasteiger partial charge in [0.1, 0.15) is 5.58 Å². The van der Waals surface area contributed by atoms with Gasteiger partial charge in [-0.2, -0.15) is 5.26 Å². The number of benzene rings is 2. The molecule has 0 atom stereocenters. The lowest BCUT2D eigenvalue weighted by atomic mass is 10.1. The lowest BCUT2D eigenvalue weighted by molar-refractivity contribution is 0.0732. The molecule has 4 rings (SSSR count). The summed E-state index contributed by atoms with van der Waals surface area (Å²) in [6.45, 7) is 4.54. The van der Waals surface area contributed by atoms with Crippen LogP contribution in [0, 0.1) is 11.3 Å². The van der Waals surface area contributed by atoms with Gasteiger partial charge in [0.15, 0.2) is 10.9 Å². The van der Waals surface area contributed by atoms with Gasteiger partial charge in [0.05, 0.1) is 11.6 Å². The number of aromatic nitrogens is 2. The first-order valence-corrected chi connectivity index (χ1v) is 11.0. The van der Waals surface area contributed by atoms with Crippen LogP contribution in [0.1, 0.15) is 27.2 Å². The number of hydrogen-bond acceptors (Lipinski definition) is 6. The van der Waals surface area contributed by atoms with Crippen LogP contribution in [-0.4, -0.2) is 27.3 Å². The van der Waals surface area contributed by atoms with E-state index in [1.165, 1.54) is 11.8 Å². The van der Waals surface area contributed by atoms with Gasteiger partial charge in [-0.25, -0.2) is 9.97 Å². The second kappa shape index (κ2) is 9.94. The van der Waals surface area contributed by atoms with Crippen LogP contribution in [0.5, 0.6) is 0 Å². The number of nitriles is 1. The summed E-state index contributed by atoms with van der Waals surface area (Å²) in [5, 5.41) is 10.5. The fraction of sp³-hybridized carbons (Fsp3) is 0.120. The predicted octanol–water partition coefficient (Wildman–Crippen LogP) is 5.22. The molecule has 0 aliphatic rings. The van der Waals surface area contributed by atoms with Gasteiger partial charge in [-0.05, 0) is 29.8 Å². The van der Waals surface area contributed by atoms with Gasteiger partial charge in [-0.15, -0.1) is 6.58 Å². The minimum Gasteiger partial charge on any atom is -0.451 e. The van der Waals surface area contributed by atoms with Crippen molar-refractivity contribution in [3.05, 3.63) is 102 Å². The molecule has 0 unspecified atom stereocenters. The first kappa shape index (κ1) is 21.3. The number of amides is 1. The quantitative estimate of drug-likeness (QED) is 0.212. The van der Waals surface area contributed by atoms with Crippen LogP contribution >= 0.6 is 11.8 Å². The fourth-order valence-electron chi connectivity index (χ4n) is 3.34. The molecule has 0 spiro atoms. The predicted molar refractivity (Wildman–Crippen MR) is 124 cm³/mol. The SMILES string of the molecule is C=CCN(Cc1ccc(C#N)cc1)C(=O)c1oc2ccccc2c1CSc1ncccn1. The topological polar surface area (TPSA) is 83.0 Å². The Kier molecular flexibility index (Phi) is 6.63. The van der Waals surface area contributed by atoms with Crippen molar-refractivity contribution in [3.63, 3.8) is 0 Å². The van der Waals surface area contributed by atoms with Crippen molar-refractivity contribution >= 4 is 28.6 Å². The number of fused-ring (bicyclic) bond motifs is 1. The summed E-state index contributed by atoms with van der Waals surface area (Å²) in [5.41, 5.74) is 2.98. The molecule has 2 aromatic carbocycles. The first-order valence-electron chi connectivity index (χ1n) is 9.99. The molecule has 0 fully saturated rings. The van der Waals surface area contributed by atoms with Crippen LogP contribution in [0.25, 0.3) is 11.0 Å². The molecule has 1 amide bonds. The van der Waals surface area contributed by atoms with Gasteiger partial charge in [-0.1, -0.05) is 48.2 Å². The van der Waals surface area contributed by atoms with E-state index in [0.717, 1.165) is 16.5 Å². The molecule has 0 N–H and O–H groups in total. The summed E-state index contributed by atoms with van der Waals surface area (Å²) >= 11 is 1.45. The molecule has 2 aromatic heterocycles. The van der Waals surface area contributed by atoms with Crippen molar-refractivity contribution in [3.8, 4) is 6.07 Å². The van der Waals surface area contributed by atoms with Crippen molar-refractivity contribution in [1.29, 1.82) is 5.26 Å². The molecule has 2 heterocycles. The van der Waals surface area contributed by atoms with Crippen LogP contribution in [0.4, 0.5) is 0 Å². The van der Waals surface area contributed by atoms with E-state index in [9.17, 15) is 4.79 Å². The van der Waals surface area contributed by atoms with E-state index < -0.39 is 0 Å². The normalized spacial score (nSPS) is 10.6. The maximum Gasteiger partial charge on any atom is 0.290 e. The number of thioether (sulfide) groups is 1. The molecule has 0 radical (unpaired) electrons. The second-order valence-electron chi connectivity index (χ2n) is 7.01. The van der Waals surface area contributed by atoms with Gasteiger partial charge >= 0.3 is 0 Å². The summed E-state index contributed by atoms with van der Waals surface area (Å²) in [6.07, 6.45) is 5.08. The van der Waals surface area contributed by atoms with Gasteiger partial charge in [-0.3, -0.25) is 4.79 Å². The van der Waals surface area contributed by atoms with Crippen LogP contribution in [0.2, 0.25) is 0 Å². The van der Waals surface area contributed by atoms with E-state index in [4.69, 9.17) is 9.68 Å². The summed E-state index contributed by atoms with van der Waals surface area (Å²) in [5.74, 6) is 0.598. The number of carbonyl (C=O) groups excluding carboxylic acids is 1. The van der Waals surface area contributed by atoms with E-state index in [-0.39, 0.29) is 5.91 Å². The standard InChI is InChI=1S/C25H20N4O2S/c1-2-14-29(16-19-10-8-18(15-26)9-11-19)24(30)23-21(17-32-25-27-12-5-13-28-25)20-6-3-4-7-22(20)31-23/h2-13H,1,14,16-17H2. The summed E-state index contributed by atoms with van der Waals surface area (Å²) < 4.78 is 6.03. The zero-order chi connectivity index (χ0) is 22.3. The molecular weight excluding hydrogens is 420 g/mol. The van der Waals surface area contributed by atoms with Crippen LogP contribution in [0.15, 0.2) is 89.2 Å². The van der Waals surface area contributed by atoms with E-state index in [1.807, 2.05) is 36.4 Å². The number of para-hydroxylation sites is 1. The average molecular weight is 441 g/mol. The molecule has 7 heteroatoms. The van der Waals surface area contributed by atoms with Gasteiger partial charge < -0.3 is 9.32 Å². The van der Waals surface area contributed by atoms with Crippen LogP contribution in [-0.2, 0) is 12.3 Å². The van der Waals surface area contributed by atoms with Gasteiger partial charge in [0, 0.05) is 42.2 Å². The van der Waals surface area contributed by atoms with E-state index in [0.29, 0.717) is 40.9 Å². The molecule has 0 bridgehead atoms. The molecule has 32 heavy (non-hydrogen) atoms. The third kappa shape index (κ3) is 4.71. The smallest absolute Gasteiger partial charge is 0.290 e. The largest absolute Gasteiger partial charge is 0.451 e. The Hall–Kier alpha value is -3.89. The van der Waals surface area contributed by atoms with Crippen molar-refractivity contribution in [2.75, 3.05) is 6.54 Å². The number of furan rings is 1. The minimum atomic E-state index is -0.213. The fourth-order valence-corrected chi connectivity index (χ4v) is 4.17. The molecule has 0 aliphatic heterocycles. The monoisotopic (exact) mass is 440 g/mol. The number of hydrogen-bond donors (Lipinski definition) is 0. The zero-order valence-corrected chi connectivity index (χ0v) is 18.1. The van der Waals surface area contributed by atoms with E-state index in [2.05, 4.69) is 22.6 Å². The van der Waals surface area contributed by atoms with Crippen molar-refractivity contribution in [2.45, 2.75) is 17.5 Å². The third-order valence-corrected chi connectivity index (χ3v) is 5.78. The highest BCUT2D eigenvalue weighted by Crippen LogP contribution is 2.32. The Bertz CT molecular complexity index is 1280. The van der Waals surface area contributed by atoms with E-state index >= 15 is 0 Å². The summed E-state index contributed by atoms with van der Waals surface area (Å²) in [7, 11) is 0. The van der Waals surface area contributed by atoms with Gasteiger partial charge in [0.25, 0.3) is 5.91 Å². The highest BCUT2D eigenvalue weighted by Gasteiger charge is 2.25. The molecule has 0 saturated heterocycles. The molecule has 158 valence electrons. The van der Waals surface area contributed by atoms with E-state index in [1.54, 1.807) is 41.6 Å². The maximum atomic E-state index is 13.6. The molecule has 4 aromatic rings. The van der Waals surface area contributed by atoms with Crippen molar-refractivity contribution in [2.24, 2.45) is 0 Å². The molecular formula is C25H20N4O2S. The second-order valence-corrected chi connectivity index (χ2v) is 7.95. The Morgan fingerprint density at radius 2 is 1.88 bits per heavy atom. The molecule has 6 nitrogen and oxygen atoms in total. The van der Waals surface area contributed by atoms with Crippen LogP contribution in [0.3, 0.4) is 0 Å². The zero-order valence-electron chi connectivity index (χ0n) is 17.3. The number of rotatable bonds is 8. The van der Waals surface area contributed by atoms with Crippen LogP contribution < -0.4 is 0 Å². The lowest BCUT2D eigenvalue weighted by Gasteiger charge is -2.21. The Balaban J connectivity index is 1.65. The maximum absolute atomic E-state index is 13.6. The minimum absolute atomic E-state index is 0.213. The molecule has 0 aliphatic carbocycles. The summed E-state index contributed by atoms with van der Waals surface area (Å²) in [4.78, 5) is 23.7. The molecule has 0 saturated carbocycles. The Labute approximate surface area is 190 Å². The third-order valence-electron chi connectivity index (χ3n) is 4.87. The highest BCUT2D eigenvalue weighted by molar-refractivity contribution is 7.98.